The van der Waals surface area contributed by atoms with Crippen LogP contribution < -0.4 is 0 Å². The highest BCUT2D eigenvalue weighted by molar-refractivity contribution is 9.10. The number of hydrogen-bond acceptors (Lipinski definition) is 2. The molecule has 2 aromatic rings. The van der Waals surface area contributed by atoms with Crippen LogP contribution in [0.4, 0.5) is 0 Å². The maximum absolute atomic E-state index is 5.98. The van der Waals surface area contributed by atoms with Gasteiger partial charge in [-0.2, -0.15) is 11.3 Å². The largest absolute Gasteiger partial charge is 0.151 e. The maximum atomic E-state index is 5.98. The second kappa shape index (κ2) is 4.62. The highest BCUT2D eigenvalue weighted by Crippen LogP contribution is 2.27. The van der Waals surface area contributed by atoms with E-state index < -0.39 is 0 Å². The van der Waals surface area contributed by atoms with Crippen LogP contribution in [0.25, 0.3) is 12.2 Å². The van der Waals surface area contributed by atoms with E-state index in [1.807, 2.05) is 17.5 Å². The average molecular weight is 306 g/mol. The Labute approximate surface area is 104 Å². The normalized spacial score (nSPS) is 11.3. The molecule has 0 aromatic carbocycles. The molecule has 0 N–H and O–H groups in total. The number of hydrogen-bond donors (Lipinski definition) is 0. The lowest BCUT2D eigenvalue weighted by Gasteiger charge is -1.89. The molecule has 0 aliphatic heterocycles. The van der Waals surface area contributed by atoms with Gasteiger partial charge in [-0.25, -0.2) is 0 Å². The summed E-state index contributed by atoms with van der Waals surface area (Å²) >= 11 is 12.7. The van der Waals surface area contributed by atoms with Crippen LogP contribution >= 0.6 is 50.2 Å². The molecule has 2 aromatic heterocycles. The molecule has 0 bridgehead atoms. The van der Waals surface area contributed by atoms with Crippen molar-refractivity contribution in [2.24, 2.45) is 0 Å². The van der Waals surface area contributed by atoms with Crippen LogP contribution in [0.1, 0.15) is 11.1 Å². The van der Waals surface area contributed by atoms with Crippen LogP contribution in [0.2, 0.25) is 4.34 Å². The fourth-order valence-electron chi connectivity index (χ4n) is 1.01. The van der Waals surface area contributed by atoms with Gasteiger partial charge in [-0.1, -0.05) is 23.8 Å². The average Bonchev–Trinajstić information content (AvgIpc) is 2.72. The van der Waals surface area contributed by atoms with E-state index >= 15 is 0 Å². The number of rotatable bonds is 2. The Hall–Kier alpha value is -0.0900. The predicted molar refractivity (Wildman–Crippen MR) is 70.3 cm³/mol. The molecule has 0 spiro atoms. The Balaban J connectivity index is 2.23. The lowest BCUT2D eigenvalue weighted by Crippen LogP contribution is -1.66. The standard InChI is InChI=1S/C10H6BrClS2/c11-9-6-13-5-8(9)2-1-7-3-4-14-10(7)12/h1-6H/b2-1+. The van der Waals surface area contributed by atoms with Gasteiger partial charge in [0.2, 0.25) is 0 Å². The second-order valence-corrected chi connectivity index (χ2v) is 5.77. The molecule has 0 aliphatic rings. The van der Waals surface area contributed by atoms with Crippen LogP contribution in [0, 0.1) is 0 Å². The minimum atomic E-state index is 0.840. The Morgan fingerprint density at radius 2 is 2.00 bits per heavy atom. The van der Waals surface area contributed by atoms with Gasteiger partial charge in [0.1, 0.15) is 4.34 Å². The molecule has 0 aliphatic carbocycles. The van der Waals surface area contributed by atoms with Gasteiger partial charge in [0.15, 0.2) is 0 Å². The molecule has 0 saturated carbocycles. The summed E-state index contributed by atoms with van der Waals surface area (Å²) in [4.78, 5) is 0. The molecule has 0 fully saturated rings. The molecule has 4 heteroatoms. The Morgan fingerprint density at radius 1 is 1.21 bits per heavy atom. The van der Waals surface area contributed by atoms with Crippen LogP contribution in [-0.4, -0.2) is 0 Å². The molecule has 0 radical (unpaired) electrons. The molecule has 0 unspecified atom stereocenters. The van der Waals surface area contributed by atoms with Crippen molar-refractivity contribution in [3.05, 3.63) is 42.1 Å². The van der Waals surface area contributed by atoms with Crippen molar-refractivity contribution in [2.75, 3.05) is 0 Å². The smallest absolute Gasteiger partial charge is 0.100 e. The minimum absolute atomic E-state index is 0.840. The molecule has 72 valence electrons. The fourth-order valence-corrected chi connectivity index (χ4v) is 3.30. The van der Waals surface area contributed by atoms with Crippen molar-refractivity contribution in [2.45, 2.75) is 0 Å². The SMILES string of the molecule is Clc1sccc1/C=C/c1cscc1Br. The topological polar surface area (TPSA) is 0 Å². The van der Waals surface area contributed by atoms with E-state index in [1.54, 1.807) is 22.7 Å². The number of thiophene rings is 2. The zero-order valence-corrected chi connectivity index (χ0v) is 11.0. The monoisotopic (exact) mass is 304 g/mol. The van der Waals surface area contributed by atoms with Crippen LogP contribution in [0.15, 0.2) is 26.7 Å². The summed E-state index contributed by atoms with van der Waals surface area (Å²) in [5.41, 5.74) is 2.27. The van der Waals surface area contributed by atoms with Crippen LogP contribution in [-0.2, 0) is 0 Å². The quantitative estimate of drug-likeness (QED) is 0.697. The van der Waals surface area contributed by atoms with Gasteiger partial charge in [0.25, 0.3) is 0 Å². The Kier molecular flexibility index (Phi) is 3.44. The van der Waals surface area contributed by atoms with Crippen molar-refractivity contribution >= 4 is 62.4 Å². The van der Waals surface area contributed by atoms with Gasteiger partial charge in [0.05, 0.1) is 0 Å². The summed E-state index contributed by atoms with van der Waals surface area (Å²) in [6.45, 7) is 0. The van der Waals surface area contributed by atoms with E-state index in [0.29, 0.717) is 0 Å². The van der Waals surface area contributed by atoms with Gasteiger partial charge in [-0.15, -0.1) is 11.3 Å². The maximum Gasteiger partial charge on any atom is 0.100 e. The third-order valence-electron chi connectivity index (χ3n) is 1.73. The van der Waals surface area contributed by atoms with Gasteiger partial charge >= 0.3 is 0 Å². The van der Waals surface area contributed by atoms with Crippen molar-refractivity contribution in [1.29, 1.82) is 0 Å². The molecule has 0 saturated heterocycles. The highest BCUT2D eigenvalue weighted by Gasteiger charge is 1.98. The van der Waals surface area contributed by atoms with Crippen molar-refractivity contribution in [3.63, 3.8) is 0 Å². The summed E-state index contributed by atoms with van der Waals surface area (Å²) in [5, 5.41) is 6.15. The fraction of sp³-hybridized carbons (Fsp3) is 0. The lowest BCUT2D eigenvalue weighted by molar-refractivity contribution is 1.79. The molecular weight excluding hydrogens is 300 g/mol. The first-order chi connectivity index (χ1) is 6.77. The number of halogens is 2. The minimum Gasteiger partial charge on any atom is -0.151 e. The summed E-state index contributed by atoms with van der Waals surface area (Å²) in [7, 11) is 0. The zero-order valence-electron chi connectivity index (χ0n) is 7.04. The van der Waals surface area contributed by atoms with Crippen molar-refractivity contribution in [1.82, 2.24) is 0 Å². The summed E-state index contributed by atoms with van der Waals surface area (Å²) < 4.78 is 1.97. The van der Waals surface area contributed by atoms with Gasteiger partial charge in [-0.05, 0) is 38.3 Å². The van der Waals surface area contributed by atoms with Crippen LogP contribution in [0.3, 0.4) is 0 Å². The van der Waals surface area contributed by atoms with Gasteiger partial charge in [-0.3, -0.25) is 0 Å². The summed E-state index contributed by atoms with van der Waals surface area (Å²) in [6, 6.07) is 2.02. The summed E-state index contributed by atoms with van der Waals surface area (Å²) in [6.07, 6.45) is 4.10. The third kappa shape index (κ3) is 2.28. The Morgan fingerprint density at radius 3 is 2.57 bits per heavy atom. The van der Waals surface area contributed by atoms with Crippen molar-refractivity contribution in [3.8, 4) is 0 Å². The van der Waals surface area contributed by atoms with E-state index in [-0.39, 0.29) is 0 Å². The molecule has 0 amide bonds. The first kappa shape index (κ1) is 10.4. The molecular formula is C10H6BrClS2. The molecule has 14 heavy (non-hydrogen) atoms. The molecule has 0 nitrogen and oxygen atoms in total. The second-order valence-electron chi connectivity index (χ2n) is 2.66. The molecule has 0 atom stereocenters. The van der Waals surface area contributed by atoms with Crippen molar-refractivity contribution < 1.29 is 0 Å². The first-order valence-electron chi connectivity index (χ1n) is 3.90. The zero-order chi connectivity index (χ0) is 9.97. The first-order valence-corrected chi connectivity index (χ1v) is 6.89. The predicted octanol–water partition coefficient (Wildman–Crippen LogP) is 5.40. The molecule has 2 rings (SSSR count). The molecule has 2 heterocycles. The lowest BCUT2D eigenvalue weighted by atomic mass is 10.2. The van der Waals surface area contributed by atoms with E-state index in [1.165, 1.54) is 5.56 Å². The van der Waals surface area contributed by atoms with Crippen LogP contribution in [0.5, 0.6) is 0 Å². The van der Waals surface area contributed by atoms with E-state index in [2.05, 4.69) is 32.8 Å². The van der Waals surface area contributed by atoms with E-state index in [0.717, 1.165) is 14.4 Å². The Bertz CT molecular complexity index is 414. The van der Waals surface area contributed by atoms with Gasteiger partial charge in [0, 0.05) is 15.4 Å². The summed E-state index contributed by atoms with van der Waals surface area (Å²) in [5.74, 6) is 0. The third-order valence-corrected chi connectivity index (χ3v) is 4.68. The van der Waals surface area contributed by atoms with Gasteiger partial charge < -0.3 is 0 Å². The highest BCUT2D eigenvalue weighted by atomic mass is 79.9. The van der Waals surface area contributed by atoms with E-state index in [9.17, 15) is 0 Å². The van der Waals surface area contributed by atoms with E-state index in [4.69, 9.17) is 11.6 Å².